The second-order valence-corrected chi connectivity index (χ2v) is 9.01. The standard InChI is InChI=1S/C22H26N4O2S/c1-7-23-18(27)14-9-8-10-15(11-14)25-19(28)17-12(2)16-13(3)24-21(22(4,5)6)26-20(16)29-17/h8-11H,7H2,1-6H3,(H,23,27)(H,25,28). The van der Waals surface area contributed by atoms with Crippen molar-refractivity contribution in [1.82, 2.24) is 15.3 Å². The molecule has 0 spiro atoms. The van der Waals surface area contributed by atoms with Gasteiger partial charge in [-0.2, -0.15) is 0 Å². The number of hydrogen-bond donors (Lipinski definition) is 2. The number of anilines is 1. The minimum absolute atomic E-state index is 0.165. The van der Waals surface area contributed by atoms with E-state index in [1.807, 2.05) is 20.8 Å². The molecule has 2 aromatic heterocycles. The Labute approximate surface area is 174 Å². The SMILES string of the molecule is CCNC(=O)c1cccc(NC(=O)c2sc3nc(C(C)(C)C)nc(C)c3c2C)c1. The number of nitrogens with one attached hydrogen (secondary N) is 2. The van der Waals surface area contributed by atoms with E-state index in [0.717, 1.165) is 27.3 Å². The number of nitrogens with zero attached hydrogens (tertiary/aromatic N) is 2. The van der Waals surface area contributed by atoms with Gasteiger partial charge in [-0.25, -0.2) is 9.97 Å². The van der Waals surface area contributed by atoms with Crippen molar-refractivity contribution in [2.45, 2.75) is 47.0 Å². The Morgan fingerprint density at radius 3 is 2.48 bits per heavy atom. The molecule has 0 fully saturated rings. The molecule has 0 aliphatic rings. The molecule has 0 bridgehead atoms. The lowest BCUT2D eigenvalue weighted by molar-refractivity contribution is 0.0954. The van der Waals surface area contributed by atoms with Gasteiger partial charge >= 0.3 is 0 Å². The highest BCUT2D eigenvalue weighted by molar-refractivity contribution is 7.20. The third kappa shape index (κ3) is 4.29. The van der Waals surface area contributed by atoms with Gasteiger partial charge in [0.25, 0.3) is 11.8 Å². The molecule has 1 aromatic carbocycles. The second kappa shape index (κ2) is 7.91. The monoisotopic (exact) mass is 410 g/mol. The zero-order chi connectivity index (χ0) is 21.3. The first-order chi connectivity index (χ1) is 13.6. The lowest BCUT2D eigenvalue weighted by atomic mass is 9.95. The highest BCUT2D eigenvalue weighted by Gasteiger charge is 2.23. The summed E-state index contributed by atoms with van der Waals surface area (Å²) in [6.45, 7) is 12.5. The van der Waals surface area contributed by atoms with Crippen molar-refractivity contribution in [3.8, 4) is 0 Å². The van der Waals surface area contributed by atoms with E-state index >= 15 is 0 Å². The van der Waals surface area contributed by atoms with E-state index in [0.29, 0.717) is 22.7 Å². The molecule has 2 heterocycles. The maximum Gasteiger partial charge on any atom is 0.266 e. The molecule has 0 saturated heterocycles. The minimum atomic E-state index is -0.213. The number of carbonyl (C=O) groups is 2. The number of hydrogen-bond acceptors (Lipinski definition) is 5. The molecular weight excluding hydrogens is 384 g/mol. The van der Waals surface area contributed by atoms with E-state index in [9.17, 15) is 9.59 Å². The smallest absolute Gasteiger partial charge is 0.266 e. The zero-order valence-electron chi connectivity index (χ0n) is 17.6. The van der Waals surface area contributed by atoms with Gasteiger partial charge < -0.3 is 10.6 Å². The third-order valence-corrected chi connectivity index (χ3v) is 5.75. The van der Waals surface area contributed by atoms with Crippen LogP contribution >= 0.6 is 11.3 Å². The van der Waals surface area contributed by atoms with Gasteiger partial charge in [-0.05, 0) is 44.5 Å². The van der Waals surface area contributed by atoms with Crippen LogP contribution < -0.4 is 10.6 Å². The molecule has 0 saturated carbocycles. The molecule has 0 atom stereocenters. The Bertz CT molecular complexity index is 1100. The molecule has 3 aromatic rings. The molecular formula is C22H26N4O2S. The van der Waals surface area contributed by atoms with Gasteiger partial charge in [-0.1, -0.05) is 26.8 Å². The van der Waals surface area contributed by atoms with E-state index in [1.165, 1.54) is 11.3 Å². The van der Waals surface area contributed by atoms with Crippen LogP contribution in [-0.2, 0) is 5.41 Å². The summed E-state index contributed by atoms with van der Waals surface area (Å²) in [7, 11) is 0. The zero-order valence-corrected chi connectivity index (χ0v) is 18.5. The van der Waals surface area contributed by atoms with E-state index in [-0.39, 0.29) is 17.2 Å². The quantitative estimate of drug-likeness (QED) is 0.658. The van der Waals surface area contributed by atoms with Crippen LogP contribution in [0.1, 0.15) is 64.8 Å². The number of fused-ring (bicyclic) bond motifs is 1. The van der Waals surface area contributed by atoms with Crippen LogP contribution in [0, 0.1) is 13.8 Å². The number of benzene rings is 1. The predicted octanol–water partition coefficient (Wildman–Crippen LogP) is 4.61. The van der Waals surface area contributed by atoms with Crippen LogP contribution in [0.5, 0.6) is 0 Å². The molecule has 0 aliphatic heterocycles. The number of thiophene rings is 1. The number of amides is 2. The molecule has 7 heteroatoms. The van der Waals surface area contributed by atoms with Crippen molar-refractivity contribution in [2.75, 3.05) is 11.9 Å². The average Bonchev–Trinajstić information content (AvgIpc) is 2.99. The Kier molecular flexibility index (Phi) is 5.71. The Morgan fingerprint density at radius 2 is 1.83 bits per heavy atom. The van der Waals surface area contributed by atoms with Crippen LogP contribution in [0.25, 0.3) is 10.2 Å². The molecule has 2 N–H and O–H groups in total. The highest BCUT2D eigenvalue weighted by atomic mass is 32.1. The second-order valence-electron chi connectivity index (χ2n) is 8.01. The Morgan fingerprint density at radius 1 is 1.10 bits per heavy atom. The van der Waals surface area contributed by atoms with Crippen molar-refractivity contribution in [3.05, 3.63) is 51.8 Å². The van der Waals surface area contributed by atoms with E-state index in [2.05, 4.69) is 36.4 Å². The van der Waals surface area contributed by atoms with Crippen LogP contribution in [0.2, 0.25) is 0 Å². The largest absolute Gasteiger partial charge is 0.352 e. The first-order valence-electron chi connectivity index (χ1n) is 9.59. The lowest BCUT2D eigenvalue weighted by Gasteiger charge is -2.16. The van der Waals surface area contributed by atoms with Crippen molar-refractivity contribution in [2.24, 2.45) is 0 Å². The molecule has 152 valence electrons. The highest BCUT2D eigenvalue weighted by Crippen LogP contribution is 2.33. The van der Waals surface area contributed by atoms with Gasteiger partial charge in [0.1, 0.15) is 10.7 Å². The summed E-state index contributed by atoms with van der Waals surface area (Å²) in [6.07, 6.45) is 0. The maximum absolute atomic E-state index is 13.0. The van der Waals surface area contributed by atoms with E-state index in [4.69, 9.17) is 4.98 Å². The topological polar surface area (TPSA) is 84.0 Å². The summed E-state index contributed by atoms with van der Waals surface area (Å²) in [6, 6.07) is 6.92. The molecule has 3 rings (SSSR count). The third-order valence-electron chi connectivity index (χ3n) is 4.57. The van der Waals surface area contributed by atoms with Crippen molar-refractivity contribution in [3.63, 3.8) is 0 Å². The number of aromatic nitrogens is 2. The first-order valence-corrected chi connectivity index (χ1v) is 10.4. The van der Waals surface area contributed by atoms with Gasteiger partial charge in [0.2, 0.25) is 0 Å². The summed E-state index contributed by atoms with van der Waals surface area (Å²) < 4.78 is 0. The Balaban J connectivity index is 1.94. The van der Waals surface area contributed by atoms with Gasteiger partial charge in [0, 0.05) is 28.6 Å². The summed E-state index contributed by atoms with van der Waals surface area (Å²) in [5.41, 5.74) is 2.67. The molecule has 0 radical (unpaired) electrons. The predicted molar refractivity (Wildman–Crippen MR) is 118 cm³/mol. The van der Waals surface area contributed by atoms with E-state index < -0.39 is 0 Å². The van der Waals surface area contributed by atoms with Crippen molar-refractivity contribution < 1.29 is 9.59 Å². The molecule has 29 heavy (non-hydrogen) atoms. The average molecular weight is 411 g/mol. The van der Waals surface area contributed by atoms with Gasteiger partial charge in [-0.15, -0.1) is 11.3 Å². The fourth-order valence-corrected chi connectivity index (χ4v) is 4.21. The number of carbonyl (C=O) groups excluding carboxylic acids is 2. The van der Waals surface area contributed by atoms with Gasteiger partial charge in [0.05, 0.1) is 10.6 Å². The Hall–Kier alpha value is -2.80. The first kappa shape index (κ1) is 20.9. The van der Waals surface area contributed by atoms with Crippen LogP contribution in [0.3, 0.4) is 0 Å². The maximum atomic E-state index is 13.0. The molecule has 6 nitrogen and oxygen atoms in total. The normalized spacial score (nSPS) is 11.5. The van der Waals surface area contributed by atoms with Crippen LogP contribution in [0.15, 0.2) is 24.3 Å². The number of aryl methyl sites for hydroxylation is 2. The molecule has 0 aliphatic carbocycles. The summed E-state index contributed by atoms with van der Waals surface area (Å²) >= 11 is 1.37. The minimum Gasteiger partial charge on any atom is -0.352 e. The summed E-state index contributed by atoms with van der Waals surface area (Å²) in [5.74, 6) is 0.392. The number of rotatable bonds is 4. The van der Waals surface area contributed by atoms with E-state index in [1.54, 1.807) is 24.3 Å². The summed E-state index contributed by atoms with van der Waals surface area (Å²) in [5, 5.41) is 6.60. The van der Waals surface area contributed by atoms with Crippen molar-refractivity contribution >= 4 is 39.1 Å². The van der Waals surface area contributed by atoms with Gasteiger partial charge in [-0.3, -0.25) is 9.59 Å². The molecule has 0 unspecified atom stereocenters. The summed E-state index contributed by atoms with van der Waals surface area (Å²) in [4.78, 5) is 35.8. The van der Waals surface area contributed by atoms with Gasteiger partial charge in [0.15, 0.2) is 0 Å². The lowest BCUT2D eigenvalue weighted by Crippen LogP contribution is -2.22. The van der Waals surface area contributed by atoms with Crippen molar-refractivity contribution in [1.29, 1.82) is 0 Å². The molecule has 2 amide bonds. The van der Waals surface area contributed by atoms with Crippen LogP contribution in [0.4, 0.5) is 5.69 Å². The fraction of sp³-hybridized carbons (Fsp3) is 0.364. The van der Waals surface area contributed by atoms with Crippen LogP contribution in [-0.4, -0.2) is 28.3 Å². The fourth-order valence-electron chi connectivity index (χ4n) is 3.08.